The molecule has 1 aliphatic rings. The number of tetrazole rings is 1. The van der Waals surface area contributed by atoms with E-state index in [1.165, 1.54) is 16.7 Å². The molecule has 1 aliphatic heterocycles. The summed E-state index contributed by atoms with van der Waals surface area (Å²) in [7, 11) is 0. The lowest BCUT2D eigenvalue weighted by atomic mass is 10.1. The molecule has 8 heteroatoms. The summed E-state index contributed by atoms with van der Waals surface area (Å²) in [5.74, 6) is 1.81. The van der Waals surface area contributed by atoms with E-state index in [1.54, 1.807) is 10.9 Å². The minimum atomic E-state index is 0.544. The molecule has 2 N–H and O–H groups in total. The zero-order valence-electron chi connectivity index (χ0n) is 15.5. The number of fused-ring (bicyclic) bond motifs is 5. The molecule has 0 unspecified atom stereocenters. The maximum Gasteiger partial charge on any atom is 0.224 e. The summed E-state index contributed by atoms with van der Waals surface area (Å²) >= 11 is 0. The molecule has 0 spiro atoms. The molecule has 0 amide bonds. The van der Waals surface area contributed by atoms with Crippen molar-refractivity contribution in [1.82, 2.24) is 30.2 Å². The average Bonchev–Trinajstić information content (AvgIpc) is 3.14. The maximum absolute atomic E-state index is 4.66. The zero-order valence-corrected chi connectivity index (χ0v) is 15.5. The van der Waals surface area contributed by atoms with Gasteiger partial charge in [-0.2, -0.15) is 9.67 Å². The van der Waals surface area contributed by atoms with E-state index in [4.69, 9.17) is 0 Å². The lowest BCUT2D eigenvalue weighted by Crippen LogP contribution is -2.06. The third kappa shape index (κ3) is 2.75. The van der Waals surface area contributed by atoms with Crippen LogP contribution in [0.2, 0.25) is 0 Å². The van der Waals surface area contributed by atoms with Crippen LogP contribution in [0.4, 0.5) is 17.5 Å². The fourth-order valence-electron chi connectivity index (χ4n) is 3.23. The van der Waals surface area contributed by atoms with Crippen LogP contribution in [0.15, 0.2) is 48.7 Å². The SMILES string of the molecule is Cc1ccc(CNc2ncc3c(n2)Nc2ccccc2-n2nnnc2-3)cc1C. The normalized spacial score (nSPS) is 11.6. The second-order valence-corrected chi connectivity index (χ2v) is 6.78. The summed E-state index contributed by atoms with van der Waals surface area (Å²) in [6.45, 7) is 4.87. The van der Waals surface area contributed by atoms with Crippen molar-refractivity contribution in [2.24, 2.45) is 0 Å². The van der Waals surface area contributed by atoms with Crippen LogP contribution in [0.3, 0.4) is 0 Å². The Morgan fingerprint density at radius 3 is 2.86 bits per heavy atom. The minimum Gasteiger partial charge on any atom is -0.350 e. The van der Waals surface area contributed by atoms with E-state index in [1.807, 2.05) is 24.3 Å². The lowest BCUT2D eigenvalue weighted by Gasteiger charge is -2.11. The van der Waals surface area contributed by atoms with Crippen molar-refractivity contribution in [2.45, 2.75) is 20.4 Å². The molecule has 0 aliphatic carbocycles. The molecule has 8 nitrogen and oxygen atoms in total. The first kappa shape index (κ1) is 16.4. The number of hydrogen-bond donors (Lipinski definition) is 2. The number of para-hydroxylation sites is 2. The smallest absolute Gasteiger partial charge is 0.224 e. The molecule has 0 fully saturated rings. The molecule has 0 radical (unpaired) electrons. The molecule has 0 saturated heterocycles. The van der Waals surface area contributed by atoms with E-state index in [0.29, 0.717) is 24.1 Å². The predicted molar refractivity (Wildman–Crippen MR) is 107 cm³/mol. The molecule has 0 atom stereocenters. The molecule has 28 heavy (non-hydrogen) atoms. The molecule has 0 saturated carbocycles. The Bertz CT molecular complexity index is 1180. The van der Waals surface area contributed by atoms with Crippen LogP contribution in [0.1, 0.15) is 16.7 Å². The predicted octanol–water partition coefficient (Wildman–Crippen LogP) is 3.41. The second kappa shape index (κ2) is 6.41. The largest absolute Gasteiger partial charge is 0.350 e. The average molecular weight is 370 g/mol. The number of nitrogens with zero attached hydrogens (tertiary/aromatic N) is 6. The van der Waals surface area contributed by atoms with Gasteiger partial charge in [0.05, 0.1) is 16.9 Å². The minimum absolute atomic E-state index is 0.544. The Kier molecular flexibility index (Phi) is 3.75. The Morgan fingerprint density at radius 2 is 1.96 bits per heavy atom. The Balaban J connectivity index is 1.48. The van der Waals surface area contributed by atoms with Crippen molar-refractivity contribution in [3.63, 3.8) is 0 Å². The molecule has 0 bridgehead atoms. The fourth-order valence-corrected chi connectivity index (χ4v) is 3.23. The molecule has 5 rings (SSSR count). The number of aromatic nitrogens is 6. The van der Waals surface area contributed by atoms with E-state index in [-0.39, 0.29) is 0 Å². The highest BCUT2D eigenvalue weighted by Crippen LogP contribution is 2.35. The van der Waals surface area contributed by atoms with Gasteiger partial charge in [-0.1, -0.05) is 30.3 Å². The Labute approximate surface area is 161 Å². The number of aryl methyl sites for hydroxylation is 2. The van der Waals surface area contributed by atoms with Crippen LogP contribution < -0.4 is 10.6 Å². The second-order valence-electron chi connectivity index (χ2n) is 6.78. The first-order valence-electron chi connectivity index (χ1n) is 9.01. The van der Waals surface area contributed by atoms with E-state index in [9.17, 15) is 0 Å². The van der Waals surface area contributed by atoms with Crippen LogP contribution in [-0.4, -0.2) is 30.2 Å². The number of anilines is 3. The van der Waals surface area contributed by atoms with E-state index in [0.717, 1.165) is 16.9 Å². The summed E-state index contributed by atoms with van der Waals surface area (Å²) in [4.78, 5) is 9.12. The summed E-state index contributed by atoms with van der Waals surface area (Å²) in [5.41, 5.74) is 6.23. The zero-order chi connectivity index (χ0) is 19.1. The van der Waals surface area contributed by atoms with Gasteiger partial charge in [0.2, 0.25) is 5.95 Å². The molecular formula is C20H18N8. The van der Waals surface area contributed by atoms with Crippen LogP contribution >= 0.6 is 0 Å². The van der Waals surface area contributed by atoms with Crippen LogP contribution in [0, 0.1) is 13.8 Å². The van der Waals surface area contributed by atoms with Gasteiger partial charge in [0.15, 0.2) is 5.82 Å². The van der Waals surface area contributed by atoms with Crippen LogP contribution in [0.5, 0.6) is 0 Å². The van der Waals surface area contributed by atoms with Gasteiger partial charge in [-0.3, -0.25) is 0 Å². The highest BCUT2D eigenvalue weighted by Gasteiger charge is 2.23. The first-order chi connectivity index (χ1) is 13.7. The molecule has 4 aromatic rings. The van der Waals surface area contributed by atoms with Crippen LogP contribution in [0.25, 0.3) is 17.1 Å². The number of hydrogen-bond acceptors (Lipinski definition) is 7. The summed E-state index contributed by atoms with van der Waals surface area (Å²) in [5, 5.41) is 18.8. The topological polar surface area (TPSA) is 93.4 Å². The van der Waals surface area contributed by atoms with E-state index >= 15 is 0 Å². The number of nitrogens with one attached hydrogen (secondary N) is 2. The third-order valence-electron chi connectivity index (χ3n) is 4.91. The quantitative estimate of drug-likeness (QED) is 0.503. The summed E-state index contributed by atoms with van der Waals surface area (Å²) in [6, 6.07) is 14.3. The van der Waals surface area contributed by atoms with Crippen molar-refractivity contribution >= 4 is 17.5 Å². The van der Waals surface area contributed by atoms with Gasteiger partial charge >= 0.3 is 0 Å². The van der Waals surface area contributed by atoms with Gasteiger partial charge in [-0.15, -0.1) is 5.10 Å². The highest BCUT2D eigenvalue weighted by atomic mass is 15.5. The van der Waals surface area contributed by atoms with Crippen molar-refractivity contribution < 1.29 is 0 Å². The van der Waals surface area contributed by atoms with E-state index < -0.39 is 0 Å². The van der Waals surface area contributed by atoms with Crippen molar-refractivity contribution in [3.8, 4) is 17.1 Å². The van der Waals surface area contributed by atoms with Crippen molar-refractivity contribution in [2.75, 3.05) is 10.6 Å². The summed E-state index contributed by atoms with van der Waals surface area (Å²) < 4.78 is 1.69. The number of benzene rings is 2. The van der Waals surface area contributed by atoms with Gasteiger partial charge in [-0.25, -0.2) is 4.98 Å². The molecular weight excluding hydrogens is 352 g/mol. The molecule has 2 aromatic heterocycles. The van der Waals surface area contributed by atoms with Crippen molar-refractivity contribution in [3.05, 3.63) is 65.4 Å². The molecule has 138 valence electrons. The van der Waals surface area contributed by atoms with E-state index in [2.05, 4.69) is 68.2 Å². The monoisotopic (exact) mass is 370 g/mol. The molecule has 3 heterocycles. The highest BCUT2D eigenvalue weighted by molar-refractivity contribution is 5.81. The van der Waals surface area contributed by atoms with Gasteiger partial charge < -0.3 is 10.6 Å². The standard InChI is InChI=1S/C20H18N8/c1-12-7-8-14(9-13(12)2)10-21-20-22-11-15-18(24-20)23-16-5-3-4-6-17(16)28-19(15)25-26-27-28/h3-9,11H,10H2,1-2H3,(H2,21,22,23,24). The third-order valence-corrected chi connectivity index (χ3v) is 4.91. The lowest BCUT2D eigenvalue weighted by molar-refractivity contribution is 0.793. The van der Waals surface area contributed by atoms with Crippen LogP contribution in [-0.2, 0) is 6.54 Å². The summed E-state index contributed by atoms with van der Waals surface area (Å²) in [6.07, 6.45) is 1.74. The molecule has 2 aromatic carbocycles. The fraction of sp³-hybridized carbons (Fsp3) is 0.150. The van der Waals surface area contributed by atoms with Gasteiger partial charge in [0.25, 0.3) is 0 Å². The Morgan fingerprint density at radius 1 is 1.07 bits per heavy atom. The number of rotatable bonds is 3. The maximum atomic E-state index is 4.66. The van der Waals surface area contributed by atoms with Gasteiger partial charge in [-0.05, 0) is 53.1 Å². The van der Waals surface area contributed by atoms with Crippen molar-refractivity contribution in [1.29, 1.82) is 0 Å². The van der Waals surface area contributed by atoms with Gasteiger partial charge in [0, 0.05) is 12.7 Å². The first-order valence-corrected chi connectivity index (χ1v) is 9.01. The Hall–Kier alpha value is -3.81. The van der Waals surface area contributed by atoms with Gasteiger partial charge in [0.1, 0.15) is 5.82 Å².